The average Bonchev–Trinajstić information content (AvgIpc) is 3.16. The zero-order chi connectivity index (χ0) is 19.6. The van der Waals surface area contributed by atoms with Gasteiger partial charge in [0.05, 0.1) is 5.71 Å². The molecule has 0 spiro atoms. The van der Waals surface area contributed by atoms with Crippen LogP contribution in [0.4, 0.5) is 19.0 Å². The van der Waals surface area contributed by atoms with Crippen molar-refractivity contribution in [3.8, 4) is 0 Å². The van der Waals surface area contributed by atoms with E-state index in [2.05, 4.69) is 15.3 Å². The minimum absolute atomic E-state index is 0.130. The maximum atomic E-state index is 12.9. The number of amidine groups is 1. The third-order valence-electron chi connectivity index (χ3n) is 4.12. The van der Waals surface area contributed by atoms with Crippen LogP contribution in [0.5, 0.6) is 0 Å². The molecular formula is C20H15F3N4S. The summed E-state index contributed by atoms with van der Waals surface area (Å²) >= 11 is 1.42. The zero-order valence-electron chi connectivity index (χ0n) is 14.5. The summed E-state index contributed by atoms with van der Waals surface area (Å²) in [5, 5.41) is 4.30. The van der Waals surface area contributed by atoms with Crippen LogP contribution in [0.25, 0.3) is 0 Å². The van der Waals surface area contributed by atoms with Gasteiger partial charge >= 0.3 is 6.18 Å². The van der Waals surface area contributed by atoms with E-state index in [0.29, 0.717) is 17.1 Å². The predicted molar refractivity (Wildman–Crippen MR) is 105 cm³/mol. The number of pyridine rings is 1. The van der Waals surface area contributed by atoms with E-state index < -0.39 is 18.8 Å². The molecule has 3 heterocycles. The van der Waals surface area contributed by atoms with Crippen LogP contribution in [0.1, 0.15) is 22.0 Å². The summed E-state index contributed by atoms with van der Waals surface area (Å²) in [5.74, 6) is 0.472. The Morgan fingerprint density at radius 3 is 2.54 bits per heavy atom. The van der Waals surface area contributed by atoms with Gasteiger partial charge in [0.1, 0.15) is 18.4 Å². The van der Waals surface area contributed by atoms with Gasteiger partial charge in [0.15, 0.2) is 5.82 Å². The van der Waals surface area contributed by atoms with E-state index in [0.717, 1.165) is 10.4 Å². The number of aliphatic imine (C=N–C) groups is 2. The number of alkyl halides is 3. The summed E-state index contributed by atoms with van der Waals surface area (Å²) < 4.78 is 38.6. The lowest BCUT2D eigenvalue weighted by Gasteiger charge is -2.17. The van der Waals surface area contributed by atoms with Gasteiger partial charge in [-0.2, -0.15) is 13.2 Å². The Balaban J connectivity index is 1.87. The van der Waals surface area contributed by atoms with Crippen molar-refractivity contribution >= 4 is 28.7 Å². The lowest BCUT2D eigenvalue weighted by molar-refractivity contribution is -0.122. The van der Waals surface area contributed by atoms with Crippen LogP contribution in [0, 0.1) is 0 Å². The molecule has 0 aliphatic carbocycles. The van der Waals surface area contributed by atoms with Crippen LogP contribution in [0.2, 0.25) is 0 Å². The molecule has 1 aliphatic rings. The fourth-order valence-electron chi connectivity index (χ4n) is 2.90. The summed E-state index contributed by atoms with van der Waals surface area (Å²) in [5.41, 5.74) is 2.18. The van der Waals surface area contributed by atoms with E-state index >= 15 is 0 Å². The second-order valence-corrected chi connectivity index (χ2v) is 7.08. The number of hydrogen-bond donors (Lipinski definition) is 1. The first-order valence-electron chi connectivity index (χ1n) is 8.52. The maximum Gasteiger partial charge on any atom is 0.405 e. The molecule has 142 valence electrons. The Hall–Kier alpha value is -3.00. The molecule has 1 aliphatic heterocycles. The van der Waals surface area contributed by atoms with Gasteiger partial charge in [0.2, 0.25) is 0 Å². The molecule has 0 amide bonds. The second kappa shape index (κ2) is 7.55. The van der Waals surface area contributed by atoms with Crippen LogP contribution in [0.15, 0.2) is 76.2 Å². The van der Waals surface area contributed by atoms with Crippen molar-refractivity contribution < 1.29 is 13.2 Å². The average molecular weight is 400 g/mol. The highest BCUT2D eigenvalue weighted by Gasteiger charge is 2.31. The van der Waals surface area contributed by atoms with Crippen molar-refractivity contribution in [1.29, 1.82) is 0 Å². The molecule has 1 N–H and O–H groups in total. The molecule has 1 atom stereocenters. The summed E-state index contributed by atoms with van der Waals surface area (Å²) in [6, 6.07) is 16.1. The van der Waals surface area contributed by atoms with Crippen molar-refractivity contribution in [2.45, 2.75) is 12.2 Å². The van der Waals surface area contributed by atoms with Crippen LogP contribution < -0.4 is 5.32 Å². The third-order valence-corrected chi connectivity index (χ3v) is 5.04. The molecule has 4 nitrogen and oxygen atoms in total. The van der Waals surface area contributed by atoms with Crippen LogP contribution in [0.3, 0.4) is 0 Å². The largest absolute Gasteiger partial charge is 0.405 e. The standard InChI is InChI=1S/C20H15F3N4S/c21-20(22,23)12-25-19-17(15-9-5-11-28-15)26-16(13-6-2-1-3-7-13)14-8-4-10-24-18(14)27-19/h1-11,17H,12H2,(H,24,25,27). The van der Waals surface area contributed by atoms with E-state index in [1.54, 1.807) is 12.3 Å². The molecule has 1 unspecified atom stereocenters. The van der Waals surface area contributed by atoms with E-state index in [1.165, 1.54) is 11.3 Å². The molecule has 28 heavy (non-hydrogen) atoms. The number of aromatic nitrogens is 1. The lowest BCUT2D eigenvalue weighted by atomic mass is 10.0. The van der Waals surface area contributed by atoms with Crippen LogP contribution >= 0.6 is 11.3 Å². The Morgan fingerprint density at radius 2 is 1.82 bits per heavy atom. The summed E-state index contributed by atoms with van der Waals surface area (Å²) in [7, 11) is 0. The summed E-state index contributed by atoms with van der Waals surface area (Å²) in [4.78, 5) is 14.4. The number of rotatable bonds is 3. The van der Waals surface area contributed by atoms with E-state index in [-0.39, 0.29) is 5.84 Å². The molecule has 2 aromatic heterocycles. The van der Waals surface area contributed by atoms with Gasteiger partial charge < -0.3 is 5.32 Å². The number of nitrogens with zero attached hydrogens (tertiary/aromatic N) is 3. The first kappa shape index (κ1) is 18.4. The highest BCUT2D eigenvalue weighted by molar-refractivity contribution is 7.10. The Bertz CT molecular complexity index is 1010. The van der Waals surface area contributed by atoms with E-state index in [9.17, 15) is 13.2 Å². The van der Waals surface area contributed by atoms with E-state index in [4.69, 9.17) is 4.99 Å². The minimum Gasteiger partial charge on any atom is -0.362 e. The fraction of sp³-hybridized carbons (Fsp3) is 0.150. The molecule has 3 aromatic rings. The molecule has 1 aromatic carbocycles. The van der Waals surface area contributed by atoms with Gasteiger partial charge in [-0.1, -0.05) is 36.4 Å². The summed E-state index contributed by atoms with van der Waals surface area (Å²) in [6.07, 6.45) is -2.80. The molecule has 0 radical (unpaired) electrons. The molecule has 0 saturated heterocycles. The predicted octanol–water partition coefficient (Wildman–Crippen LogP) is 4.92. The Morgan fingerprint density at radius 1 is 1.00 bits per heavy atom. The first-order chi connectivity index (χ1) is 13.5. The number of fused-ring (bicyclic) bond motifs is 1. The highest BCUT2D eigenvalue weighted by Crippen LogP contribution is 2.32. The quantitative estimate of drug-likeness (QED) is 0.679. The fourth-order valence-corrected chi connectivity index (χ4v) is 3.67. The normalized spacial score (nSPS) is 16.6. The number of halogens is 3. The van der Waals surface area contributed by atoms with Crippen molar-refractivity contribution in [3.05, 3.63) is 82.2 Å². The molecule has 0 bridgehead atoms. The third kappa shape index (κ3) is 3.96. The van der Waals surface area contributed by atoms with Gasteiger partial charge in [0.25, 0.3) is 0 Å². The van der Waals surface area contributed by atoms with Gasteiger partial charge in [0, 0.05) is 22.2 Å². The van der Waals surface area contributed by atoms with Crippen molar-refractivity contribution in [1.82, 2.24) is 10.3 Å². The maximum absolute atomic E-state index is 12.9. The minimum atomic E-state index is -4.37. The lowest BCUT2D eigenvalue weighted by Crippen LogP contribution is -2.36. The first-order valence-corrected chi connectivity index (χ1v) is 9.40. The zero-order valence-corrected chi connectivity index (χ0v) is 15.3. The van der Waals surface area contributed by atoms with Gasteiger partial charge in [-0.25, -0.2) is 9.98 Å². The van der Waals surface area contributed by atoms with Crippen molar-refractivity contribution in [2.75, 3.05) is 6.54 Å². The van der Waals surface area contributed by atoms with Gasteiger partial charge in [-0.15, -0.1) is 11.3 Å². The van der Waals surface area contributed by atoms with Gasteiger partial charge in [-0.3, -0.25) is 4.99 Å². The number of benzene rings is 1. The van der Waals surface area contributed by atoms with E-state index in [1.807, 2.05) is 53.9 Å². The number of nitrogens with one attached hydrogen (secondary N) is 1. The molecular weight excluding hydrogens is 385 g/mol. The molecule has 4 rings (SSSR count). The summed E-state index contributed by atoms with van der Waals surface area (Å²) in [6.45, 7) is -1.19. The number of thiophene rings is 1. The van der Waals surface area contributed by atoms with Crippen molar-refractivity contribution in [2.24, 2.45) is 9.98 Å². The van der Waals surface area contributed by atoms with Crippen LogP contribution in [-0.2, 0) is 0 Å². The van der Waals surface area contributed by atoms with Crippen molar-refractivity contribution in [3.63, 3.8) is 0 Å². The molecule has 0 saturated carbocycles. The SMILES string of the molecule is FC(F)(F)CNC1=Nc2ncccc2C(c2ccccc2)=NC1c1cccs1. The molecule has 0 fully saturated rings. The van der Waals surface area contributed by atoms with Gasteiger partial charge in [-0.05, 0) is 23.6 Å². The van der Waals surface area contributed by atoms with Crippen LogP contribution in [-0.4, -0.2) is 29.3 Å². The monoisotopic (exact) mass is 400 g/mol. The smallest absolute Gasteiger partial charge is 0.362 e. The second-order valence-electron chi connectivity index (χ2n) is 6.10. The number of hydrogen-bond acceptors (Lipinski definition) is 5. The Kier molecular flexibility index (Phi) is 4.95. The molecule has 8 heteroatoms. The topological polar surface area (TPSA) is 49.6 Å². The highest BCUT2D eigenvalue weighted by atomic mass is 32.1. The Labute approximate surface area is 163 Å².